The van der Waals surface area contributed by atoms with Crippen molar-refractivity contribution in [2.45, 2.75) is 18.6 Å². The SMILES string of the molecule is Cc1ccc(-c2nnc(SCC(=O)c3ccc4c(c3)-c3ccccc3C4)o2)cc1. The van der Waals surface area contributed by atoms with E-state index in [1.807, 2.05) is 49.4 Å². The highest BCUT2D eigenvalue weighted by Gasteiger charge is 2.20. The standard InChI is InChI=1S/C24H18N2O2S/c1-15-6-8-16(9-7-15)23-25-26-24(28-23)29-14-22(27)19-11-10-18-12-17-4-2-3-5-20(17)21(18)13-19/h2-11,13H,12,14H2,1H3. The number of carbonyl (C=O) groups is 1. The van der Waals surface area contributed by atoms with Gasteiger partial charge in [-0.25, -0.2) is 0 Å². The molecule has 1 heterocycles. The molecule has 1 aliphatic carbocycles. The van der Waals surface area contributed by atoms with Crippen LogP contribution in [0.4, 0.5) is 0 Å². The number of nitrogens with zero attached hydrogens (tertiary/aromatic N) is 2. The molecule has 3 aromatic carbocycles. The molecule has 0 saturated carbocycles. The molecule has 0 saturated heterocycles. The second-order valence-electron chi connectivity index (χ2n) is 7.16. The van der Waals surface area contributed by atoms with E-state index < -0.39 is 0 Å². The van der Waals surface area contributed by atoms with Gasteiger partial charge in [0.2, 0.25) is 5.89 Å². The molecule has 0 amide bonds. The van der Waals surface area contributed by atoms with Gasteiger partial charge in [0.25, 0.3) is 5.22 Å². The van der Waals surface area contributed by atoms with Crippen molar-refractivity contribution in [3.63, 3.8) is 0 Å². The molecule has 142 valence electrons. The molecule has 4 nitrogen and oxygen atoms in total. The molecular formula is C24H18N2O2S. The van der Waals surface area contributed by atoms with Crippen molar-refractivity contribution in [3.8, 4) is 22.6 Å². The number of Topliss-reactive ketones (excluding diaryl/α,β-unsaturated/α-hetero) is 1. The Kier molecular flexibility index (Phi) is 4.52. The first kappa shape index (κ1) is 17.9. The number of hydrogen-bond donors (Lipinski definition) is 0. The van der Waals surface area contributed by atoms with Crippen LogP contribution in [-0.2, 0) is 6.42 Å². The molecule has 0 aliphatic heterocycles. The first-order valence-electron chi connectivity index (χ1n) is 9.45. The summed E-state index contributed by atoms with van der Waals surface area (Å²) in [6.45, 7) is 2.03. The zero-order valence-corrected chi connectivity index (χ0v) is 16.7. The van der Waals surface area contributed by atoms with E-state index in [-0.39, 0.29) is 11.5 Å². The summed E-state index contributed by atoms with van der Waals surface area (Å²) in [6.07, 6.45) is 0.929. The molecule has 0 radical (unpaired) electrons. The van der Waals surface area contributed by atoms with Gasteiger partial charge in [0.15, 0.2) is 5.78 Å². The lowest BCUT2D eigenvalue weighted by atomic mass is 10.0. The number of thioether (sulfide) groups is 1. The number of hydrogen-bond acceptors (Lipinski definition) is 5. The first-order chi connectivity index (χ1) is 14.2. The van der Waals surface area contributed by atoms with Crippen LogP contribution < -0.4 is 0 Å². The van der Waals surface area contributed by atoms with Crippen molar-refractivity contribution in [2.24, 2.45) is 0 Å². The minimum atomic E-state index is 0.0530. The Balaban J connectivity index is 1.29. The Morgan fingerprint density at radius 1 is 0.966 bits per heavy atom. The Morgan fingerprint density at radius 2 is 1.76 bits per heavy atom. The molecule has 4 aromatic rings. The Labute approximate surface area is 173 Å². The van der Waals surface area contributed by atoms with Crippen LogP contribution in [-0.4, -0.2) is 21.7 Å². The van der Waals surface area contributed by atoms with Gasteiger partial charge in [0.1, 0.15) is 0 Å². The summed E-state index contributed by atoms with van der Waals surface area (Å²) < 4.78 is 5.70. The van der Waals surface area contributed by atoms with Gasteiger partial charge in [-0.2, -0.15) is 0 Å². The maximum atomic E-state index is 12.7. The van der Waals surface area contributed by atoms with Crippen LogP contribution in [0.2, 0.25) is 0 Å². The van der Waals surface area contributed by atoms with Gasteiger partial charge in [-0.3, -0.25) is 4.79 Å². The van der Waals surface area contributed by atoms with Gasteiger partial charge in [0.05, 0.1) is 5.75 Å². The van der Waals surface area contributed by atoms with Crippen molar-refractivity contribution >= 4 is 17.5 Å². The zero-order chi connectivity index (χ0) is 19.8. The predicted molar refractivity (Wildman–Crippen MR) is 114 cm³/mol. The van der Waals surface area contributed by atoms with Crippen LogP contribution in [0.25, 0.3) is 22.6 Å². The smallest absolute Gasteiger partial charge is 0.277 e. The van der Waals surface area contributed by atoms with Crippen molar-refractivity contribution in [1.82, 2.24) is 10.2 Å². The Morgan fingerprint density at radius 3 is 2.62 bits per heavy atom. The number of fused-ring (bicyclic) bond motifs is 3. The minimum Gasteiger partial charge on any atom is -0.411 e. The maximum absolute atomic E-state index is 12.7. The third-order valence-electron chi connectivity index (χ3n) is 5.15. The highest BCUT2D eigenvalue weighted by molar-refractivity contribution is 7.99. The number of ketones is 1. The van der Waals surface area contributed by atoms with Crippen molar-refractivity contribution < 1.29 is 9.21 Å². The highest BCUT2D eigenvalue weighted by Crippen LogP contribution is 2.37. The van der Waals surface area contributed by atoms with E-state index in [0.717, 1.165) is 17.5 Å². The lowest BCUT2D eigenvalue weighted by molar-refractivity contribution is 0.102. The lowest BCUT2D eigenvalue weighted by Crippen LogP contribution is -2.02. The summed E-state index contributed by atoms with van der Waals surface area (Å²) in [5, 5.41) is 8.56. The lowest BCUT2D eigenvalue weighted by Gasteiger charge is -2.04. The summed E-state index contributed by atoms with van der Waals surface area (Å²) in [5.41, 5.74) is 7.74. The Bertz CT molecular complexity index is 1210. The second-order valence-corrected chi connectivity index (χ2v) is 8.08. The average molecular weight is 398 g/mol. The number of aryl methyl sites for hydroxylation is 1. The quantitative estimate of drug-likeness (QED) is 0.285. The van der Waals surface area contributed by atoms with Crippen LogP contribution in [0.3, 0.4) is 0 Å². The number of rotatable bonds is 5. The van der Waals surface area contributed by atoms with E-state index in [2.05, 4.69) is 34.5 Å². The van der Waals surface area contributed by atoms with Gasteiger partial charge in [-0.1, -0.05) is 65.9 Å². The molecule has 1 aliphatic rings. The zero-order valence-electron chi connectivity index (χ0n) is 15.9. The van der Waals surface area contributed by atoms with Crippen LogP contribution in [0.1, 0.15) is 27.0 Å². The van der Waals surface area contributed by atoms with Crippen LogP contribution in [0.15, 0.2) is 76.4 Å². The van der Waals surface area contributed by atoms with E-state index >= 15 is 0 Å². The monoisotopic (exact) mass is 398 g/mol. The van der Waals surface area contributed by atoms with Crippen LogP contribution in [0.5, 0.6) is 0 Å². The topological polar surface area (TPSA) is 56.0 Å². The molecule has 0 atom stereocenters. The average Bonchev–Trinajstić information content (AvgIpc) is 3.37. The molecule has 0 unspecified atom stereocenters. The molecular weight excluding hydrogens is 380 g/mol. The van der Waals surface area contributed by atoms with E-state index in [0.29, 0.717) is 16.7 Å². The van der Waals surface area contributed by atoms with Gasteiger partial charge in [-0.15, -0.1) is 10.2 Å². The van der Waals surface area contributed by atoms with Gasteiger partial charge < -0.3 is 4.42 Å². The van der Waals surface area contributed by atoms with Crippen LogP contribution in [0, 0.1) is 6.92 Å². The summed E-state index contributed by atoms with van der Waals surface area (Å²) in [4.78, 5) is 12.7. The largest absolute Gasteiger partial charge is 0.411 e. The van der Waals surface area contributed by atoms with Crippen molar-refractivity contribution in [1.29, 1.82) is 0 Å². The number of aromatic nitrogens is 2. The van der Waals surface area contributed by atoms with E-state index in [4.69, 9.17) is 4.42 Å². The predicted octanol–water partition coefficient (Wildman–Crippen LogP) is 5.59. The van der Waals surface area contributed by atoms with E-state index in [9.17, 15) is 4.79 Å². The van der Waals surface area contributed by atoms with Crippen molar-refractivity contribution in [2.75, 3.05) is 5.75 Å². The number of benzene rings is 3. The fourth-order valence-electron chi connectivity index (χ4n) is 3.59. The Hall–Kier alpha value is -3.18. The van der Waals surface area contributed by atoms with Gasteiger partial charge in [0, 0.05) is 11.1 Å². The summed E-state index contributed by atoms with van der Waals surface area (Å²) in [7, 11) is 0. The molecule has 0 bridgehead atoms. The van der Waals surface area contributed by atoms with E-state index in [1.54, 1.807) is 0 Å². The van der Waals surface area contributed by atoms with Crippen LogP contribution >= 0.6 is 11.8 Å². The molecule has 5 rings (SSSR count). The molecule has 29 heavy (non-hydrogen) atoms. The fourth-order valence-corrected chi connectivity index (χ4v) is 4.25. The molecule has 0 N–H and O–H groups in total. The first-order valence-corrected chi connectivity index (χ1v) is 10.4. The summed E-state index contributed by atoms with van der Waals surface area (Å²) >= 11 is 1.27. The molecule has 0 fully saturated rings. The highest BCUT2D eigenvalue weighted by atomic mass is 32.2. The van der Waals surface area contributed by atoms with Crippen molar-refractivity contribution in [3.05, 3.63) is 89.0 Å². The van der Waals surface area contributed by atoms with Gasteiger partial charge >= 0.3 is 0 Å². The second kappa shape index (κ2) is 7.33. The molecule has 1 aromatic heterocycles. The fraction of sp³-hybridized carbons (Fsp3) is 0.125. The molecule has 0 spiro atoms. The summed E-state index contributed by atoms with van der Waals surface area (Å²) in [5.74, 6) is 0.780. The summed E-state index contributed by atoms with van der Waals surface area (Å²) in [6, 6.07) is 22.3. The maximum Gasteiger partial charge on any atom is 0.277 e. The third kappa shape index (κ3) is 3.49. The van der Waals surface area contributed by atoms with E-state index in [1.165, 1.54) is 34.0 Å². The minimum absolute atomic E-state index is 0.0530. The third-order valence-corrected chi connectivity index (χ3v) is 5.97. The normalized spacial score (nSPS) is 11.9. The van der Waals surface area contributed by atoms with Gasteiger partial charge in [-0.05, 0) is 53.8 Å². The number of carbonyl (C=O) groups excluding carboxylic acids is 1. The molecule has 5 heteroatoms.